The summed E-state index contributed by atoms with van der Waals surface area (Å²) in [7, 11) is -2.97. The fourth-order valence-electron chi connectivity index (χ4n) is 3.56. The van der Waals surface area contributed by atoms with Crippen molar-refractivity contribution in [2.45, 2.75) is 104 Å². The summed E-state index contributed by atoms with van der Waals surface area (Å²) in [5, 5.41) is 0. The van der Waals surface area contributed by atoms with Crippen LogP contribution < -0.4 is 0 Å². The average Bonchev–Trinajstić information content (AvgIpc) is 2.58. The number of allylic oxidation sites excluding steroid dienone is 1. The second-order valence-electron chi connectivity index (χ2n) is 7.71. The summed E-state index contributed by atoms with van der Waals surface area (Å²) < 4.78 is 6.64. The summed E-state index contributed by atoms with van der Waals surface area (Å²) in [5.74, 6) is 0.569. The summed E-state index contributed by atoms with van der Waals surface area (Å²) in [4.78, 5) is 11.0. The van der Waals surface area contributed by atoms with Gasteiger partial charge >= 0.3 is 0 Å². The van der Waals surface area contributed by atoms with Gasteiger partial charge in [0.25, 0.3) is 0 Å². The van der Waals surface area contributed by atoms with E-state index in [9.17, 15) is 4.79 Å². The molecular formula is C20H42O2Si2. The van der Waals surface area contributed by atoms with E-state index in [1.165, 1.54) is 24.2 Å². The van der Waals surface area contributed by atoms with Crippen molar-refractivity contribution in [3.8, 4) is 0 Å². The van der Waals surface area contributed by atoms with Crippen molar-refractivity contribution in [2.24, 2.45) is 5.92 Å². The van der Waals surface area contributed by atoms with E-state index in [-0.39, 0.29) is 6.10 Å². The van der Waals surface area contributed by atoms with Crippen LogP contribution in [0.2, 0.25) is 36.3 Å². The van der Waals surface area contributed by atoms with Gasteiger partial charge in [0.1, 0.15) is 6.29 Å². The Morgan fingerprint density at radius 3 is 1.83 bits per heavy atom. The maximum Gasteiger partial charge on any atom is 0.216 e. The Bertz CT molecular complexity index is 350. The zero-order valence-corrected chi connectivity index (χ0v) is 19.4. The van der Waals surface area contributed by atoms with Gasteiger partial charge in [0.15, 0.2) is 0 Å². The first-order chi connectivity index (χ1) is 11.4. The number of rotatable bonds is 14. The lowest BCUT2D eigenvalue weighted by Gasteiger charge is -2.32. The van der Waals surface area contributed by atoms with Crippen LogP contribution >= 0.6 is 0 Å². The Balaban J connectivity index is 5.14. The van der Waals surface area contributed by atoms with Crippen LogP contribution in [0.15, 0.2) is 11.8 Å². The molecular weight excluding hydrogens is 328 g/mol. The highest BCUT2D eigenvalue weighted by Gasteiger charge is 2.32. The molecule has 0 radical (unpaired) electrons. The van der Waals surface area contributed by atoms with Crippen LogP contribution in [0, 0.1) is 5.92 Å². The molecule has 0 N–H and O–H groups in total. The molecule has 0 aliphatic carbocycles. The fraction of sp³-hybridized carbons (Fsp3) is 0.850. The maximum atomic E-state index is 11.0. The topological polar surface area (TPSA) is 26.3 Å². The second-order valence-corrected chi connectivity index (χ2v) is 17.4. The average molecular weight is 371 g/mol. The molecule has 0 saturated carbocycles. The van der Waals surface area contributed by atoms with Crippen LogP contribution in [-0.2, 0) is 9.22 Å². The standard InChI is InChI=1S/C20H42O2Si2/c1-8-23(9-2,10-3)16-13-17-24(11-4,12-5)22-20(14-15-21)18-19(6)7/h13,15,17,19-20H,8-12,14,16,18H2,1-7H3/b17-13-. The zero-order chi connectivity index (χ0) is 18.6. The molecule has 0 heterocycles. The van der Waals surface area contributed by atoms with Gasteiger partial charge in [0, 0.05) is 6.42 Å². The Morgan fingerprint density at radius 1 is 0.917 bits per heavy atom. The minimum atomic E-state index is -1.87. The van der Waals surface area contributed by atoms with E-state index in [2.05, 4.69) is 60.2 Å². The molecule has 0 aliphatic heterocycles. The van der Waals surface area contributed by atoms with E-state index in [0.717, 1.165) is 24.8 Å². The smallest absolute Gasteiger partial charge is 0.216 e. The van der Waals surface area contributed by atoms with E-state index in [4.69, 9.17) is 4.43 Å². The predicted octanol–water partition coefficient (Wildman–Crippen LogP) is 6.60. The van der Waals surface area contributed by atoms with Crippen molar-refractivity contribution >= 4 is 22.7 Å². The first-order valence-corrected chi connectivity index (χ1v) is 15.4. The maximum absolute atomic E-state index is 11.0. The summed E-state index contributed by atoms with van der Waals surface area (Å²) in [6, 6.07) is 7.62. The highest BCUT2D eigenvalue weighted by atomic mass is 28.4. The Kier molecular flexibility index (Phi) is 12.1. The van der Waals surface area contributed by atoms with Crippen molar-refractivity contribution in [3.05, 3.63) is 11.8 Å². The van der Waals surface area contributed by atoms with Crippen molar-refractivity contribution in [2.75, 3.05) is 0 Å². The van der Waals surface area contributed by atoms with Gasteiger partial charge < -0.3 is 9.22 Å². The molecule has 2 nitrogen and oxygen atoms in total. The van der Waals surface area contributed by atoms with Crippen LogP contribution in [0.3, 0.4) is 0 Å². The third-order valence-corrected chi connectivity index (χ3v) is 15.6. The largest absolute Gasteiger partial charge is 0.410 e. The fourth-order valence-corrected chi connectivity index (χ4v) is 9.56. The van der Waals surface area contributed by atoms with Crippen molar-refractivity contribution < 1.29 is 9.22 Å². The molecule has 24 heavy (non-hydrogen) atoms. The van der Waals surface area contributed by atoms with Gasteiger partial charge in [-0.3, -0.25) is 0 Å². The van der Waals surface area contributed by atoms with Crippen molar-refractivity contribution in [3.63, 3.8) is 0 Å². The number of hydrogen-bond acceptors (Lipinski definition) is 2. The molecule has 0 saturated heterocycles. The third-order valence-electron chi connectivity index (χ3n) is 5.91. The Labute approximate surface area is 153 Å². The molecule has 0 aliphatic rings. The van der Waals surface area contributed by atoms with Gasteiger partial charge in [-0.2, -0.15) is 0 Å². The number of hydrogen-bond donors (Lipinski definition) is 0. The van der Waals surface area contributed by atoms with E-state index in [0.29, 0.717) is 12.3 Å². The molecule has 0 fully saturated rings. The Morgan fingerprint density at radius 2 is 1.46 bits per heavy atom. The lowest BCUT2D eigenvalue weighted by molar-refractivity contribution is -0.109. The first kappa shape index (κ1) is 23.8. The molecule has 0 amide bonds. The minimum absolute atomic E-state index is 0.101. The molecule has 0 rings (SSSR count). The van der Waals surface area contributed by atoms with Gasteiger partial charge in [-0.1, -0.05) is 78.4 Å². The molecule has 0 aromatic carbocycles. The number of carbonyl (C=O) groups is 1. The van der Waals surface area contributed by atoms with E-state index in [1.807, 2.05) is 0 Å². The van der Waals surface area contributed by atoms with Crippen molar-refractivity contribution in [1.82, 2.24) is 0 Å². The summed E-state index contributed by atoms with van der Waals surface area (Å²) in [6.45, 7) is 16.1. The zero-order valence-electron chi connectivity index (χ0n) is 17.4. The minimum Gasteiger partial charge on any atom is -0.410 e. The predicted molar refractivity (Wildman–Crippen MR) is 113 cm³/mol. The van der Waals surface area contributed by atoms with E-state index >= 15 is 0 Å². The van der Waals surface area contributed by atoms with Gasteiger partial charge in [-0.05, 0) is 30.5 Å². The third kappa shape index (κ3) is 7.79. The second kappa shape index (κ2) is 12.2. The van der Waals surface area contributed by atoms with Gasteiger partial charge in [0.05, 0.1) is 14.2 Å². The van der Waals surface area contributed by atoms with Crippen LogP contribution in [0.25, 0.3) is 0 Å². The number of aldehydes is 1. The number of carbonyl (C=O) groups excluding carboxylic acids is 1. The SMILES string of the molecule is CC[Si](CC)(CC)C/C=C\[Si](CC)(CC)OC(CC=O)CC(C)C. The lowest BCUT2D eigenvalue weighted by Crippen LogP contribution is -2.40. The van der Waals surface area contributed by atoms with Gasteiger partial charge in [-0.15, -0.1) is 0 Å². The van der Waals surface area contributed by atoms with Gasteiger partial charge in [0.2, 0.25) is 8.32 Å². The monoisotopic (exact) mass is 370 g/mol. The first-order valence-electron chi connectivity index (χ1n) is 10.2. The summed E-state index contributed by atoms with van der Waals surface area (Å²) in [6.07, 6.45) is 5.13. The summed E-state index contributed by atoms with van der Waals surface area (Å²) in [5.41, 5.74) is 2.47. The van der Waals surface area contributed by atoms with Crippen molar-refractivity contribution in [1.29, 1.82) is 0 Å². The van der Waals surface area contributed by atoms with Crippen LogP contribution in [0.4, 0.5) is 0 Å². The molecule has 0 bridgehead atoms. The highest BCUT2D eigenvalue weighted by Crippen LogP contribution is 2.28. The molecule has 0 spiro atoms. The highest BCUT2D eigenvalue weighted by molar-refractivity contribution is 6.81. The van der Waals surface area contributed by atoms with Crippen LogP contribution in [0.5, 0.6) is 0 Å². The molecule has 1 atom stereocenters. The van der Waals surface area contributed by atoms with E-state index < -0.39 is 16.4 Å². The molecule has 142 valence electrons. The summed E-state index contributed by atoms with van der Waals surface area (Å²) >= 11 is 0. The quantitative estimate of drug-likeness (QED) is 0.254. The molecule has 0 aromatic rings. The normalized spacial score (nSPS) is 14.5. The molecule has 4 heteroatoms. The molecule has 0 aromatic heterocycles. The Hall–Kier alpha value is -0.196. The van der Waals surface area contributed by atoms with Crippen LogP contribution in [-0.4, -0.2) is 28.8 Å². The van der Waals surface area contributed by atoms with Crippen LogP contribution in [0.1, 0.15) is 61.3 Å². The molecule has 1 unspecified atom stereocenters. The van der Waals surface area contributed by atoms with E-state index in [1.54, 1.807) is 0 Å². The van der Waals surface area contributed by atoms with Gasteiger partial charge in [-0.25, -0.2) is 0 Å². The lowest BCUT2D eigenvalue weighted by atomic mass is 10.0.